The number of pyridine rings is 1. The number of hydrogen-bond donors (Lipinski definition) is 4. The van der Waals surface area contributed by atoms with Gasteiger partial charge in [0.15, 0.2) is 0 Å². The number of ether oxygens (including phenoxy) is 1. The lowest BCUT2D eigenvalue weighted by Gasteiger charge is -2.14. The fourth-order valence-electron chi connectivity index (χ4n) is 2.70. The number of H-pyrrole nitrogens is 1. The van der Waals surface area contributed by atoms with Gasteiger partial charge in [-0.05, 0) is 31.0 Å². The van der Waals surface area contributed by atoms with Crippen molar-refractivity contribution in [1.82, 2.24) is 15.6 Å². The second-order valence-electron chi connectivity index (χ2n) is 6.57. The van der Waals surface area contributed by atoms with Gasteiger partial charge < -0.3 is 30.3 Å². The molecule has 1 aromatic heterocycles. The molecule has 0 saturated heterocycles. The van der Waals surface area contributed by atoms with Gasteiger partial charge in [0.25, 0.3) is 5.09 Å². The summed E-state index contributed by atoms with van der Waals surface area (Å²) in [5.74, 6) is 0.425. The molecule has 1 amide bonds. The highest BCUT2D eigenvalue weighted by molar-refractivity contribution is 5.84. The molecule has 2 rings (SSSR count). The molecule has 30 heavy (non-hydrogen) atoms. The van der Waals surface area contributed by atoms with Gasteiger partial charge in [0, 0.05) is 37.5 Å². The molecule has 1 unspecified atom stereocenters. The van der Waals surface area contributed by atoms with Crippen LogP contribution in [0.4, 0.5) is 0 Å². The molecule has 1 aromatic carbocycles. The summed E-state index contributed by atoms with van der Waals surface area (Å²) in [5.41, 5.74) is 0.466. The Balaban J connectivity index is 1.56. The minimum atomic E-state index is -0.852. The van der Waals surface area contributed by atoms with E-state index in [0.29, 0.717) is 37.2 Å². The molecule has 0 radical (unpaired) electrons. The summed E-state index contributed by atoms with van der Waals surface area (Å²) in [6.45, 7) is 1.22. The third-order valence-electron chi connectivity index (χ3n) is 4.16. The Morgan fingerprint density at radius 1 is 1.23 bits per heavy atom. The maximum absolute atomic E-state index is 11.6. The molecule has 2 aromatic rings. The van der Waals surface area contributed by atoms with Crippen LogP contribution in [-0.4, -0.2) is 60.0 Å². The highest BCUT2D eigenvalue weighted by Crippen LogP contribution is 2.22. The van der Waals surface area contributed by atoms with Gasteiger partial charge in [-0.15, -0.1) is 10.1 Å². The van der Waals surface area contributed by atoms with Crippen LogP contribution in [0, 0.1) is 10.1 Å². The van der Waals surface area contributed by atoms with Crippen LogP contribution in [0.2, 0.25) is 0 Å². The largest absolute Gasteiger partial charge is 0.490 e. The third-order valence-corrected chi connectivity index (χ3v) is 4.16. The van der Waals surface area contributed by atoms with Gasteiger partial charge in [-0.25, -0.2) is 0 Å². The van der Waals surface area contributed by atoms with Crippen LogP contribution in [0.5, 0.6) is 5.75 Å². The number of carbonyl (C=O) groups excluding carboxylic acids is 1. The SMILES string of the molecule is O=C(CCCCO[N+](=O)[O-])NCCNCC(O)COc1cccc2[nH]c(=O)ccc12. The first-order chi connectivity index (χ1) is 14.5. The number of benzene rings is 1. The summed E-state index contributed by atoms with van der Waals surface area (Å²) >= 11 is 0. The van der Waals surface area contributed by atoms with Crippen molar-refractivity contribution in [2.24, 2.45) is 0 Å². The summed E-state index contributed by atoms with van der Waals surface area (Å²) in [7, 11) is 0. The van der Waals surface area contributed by atoms with Crippen LogP contribution in [-0.2, 0) is 9.63 Å². The number of nitrogens with one attached hydrogen (secondary N) is 3. The normalized spacial score (nSPS) is 11.8. The first kappa shape index (κ1) is 23.1. The maximum Gasteiger partial charge on any atom is 0.294 e. The van der Waals surface area contributed by atoms with Crippen molar-refractivity contribution in [2.45, 2.75) is 25.4 Å². The van der Waals surface area contributed by atoms with E-state index < -0.39 is 11.2 Å². The van der Waals surface area contributed by atoms with Crippen molar-refractivity contribution in [3.05, 3.63) is 50.8 Å². The van der Waals surface area contributed by atoms with Gasteiger partial charge >= 0.3 is 0 Å². The number of hydrogen-bond acceptors (Lipinski definition) is 8. The number of amides is 1. The predicted molar refractivity (Wildman–Crippen MR) is 109 cm³/mol. The molecule has 0 spiro atoms. The highest BCUT2D eigenvalue weighted by Gasteiger charge is 2.08. The second kappa shape index (κ2) is 12.4. The number of aliphatic hydroxyl groups is 1. The fourth-order valence-corrected chi connectivity index (χ4v) is 2.70. The van der Waals surface area contributed by atoms with E-state index in [1.165, 1.54) is 6.07 Å². The van der Waals surface area contributed by atoms with Crippen LogP contribution in [0.1, 0.15) is 19.3 Å². The minimum Gasteiger partial charge on any atom is -0.490 e. The molecule has 0 aliphatic carbocycles. The second-order valence-corrected chi connectivity index (χ2v) is 6.57. The van der Waals surface area contributed by atoms with Gasteiger partial charge in [-0.1, -0.05) is 6.07 Å². The Kier molecular flexibility index (Phi) is 9.55. The number of nitrogens with zero attached hydrogens (tertiary/aromatic N) is 1. The quantitative estimate of drug-likeness (QED) is 0.193. The van der Waals surface area contributed by atoms with Crippen molar-refractivity contribution in [2.75, 3.05) is 32.8 Å². The van der Waals surface area contributed by atoms with Gasteiger partial charge in [-0.3, -0.25) is 9.59 Å². The molecule has 0 aliphatic rings. The van der Waals surface area contributed by atoms with E-state index in [-0.39, 0.29) is 37.6 Å². The van der Waals surface area contributed by atoms with Gasteiger partial charge in [0.2, 0.25) is 11.5 Å². The number of carbonyl (C=O) groups is 1. The first-order valence-electron chi connectivity index (χ1n) is 9.63. The molecule has 11 heteroatoms. The molecule has 0 fully saturated rings. The van der Waals surface area contributed by atoms with Crippen molar-refractivity contribution in [3.8, 4) is 5.75 Å². The highest BCUT2D eigenvalue weighted by atomic mass is 16.9. The molecule has 0 bridgehead atoms. The van der Waals surface area contributed by atoms with E-state index in [0.717, 1.165) is 5.39 Å². The Bertz CT molecular complexity index is 887. The molecule has 1 atom stereocenters. The van der Waals surface area contributed by atoms with E-state index in [2.05, 4.69) is 20.5 Å². The number of rotatable bonds is 14. The number of fused-ring (bicyclic) bond motifs is 1. The Hall–Kier alpha value is -3.18. The molecular formula is C19H26N4O7. The van der Waals surface area contributed by atoms with Crippen molar-refractivity contribution in [3.63, 3.8) is 0 Å². The molecule has 11 nitrogen and oxygen atoms in total. The van der Waals surface area contributed by atoms with Crippen molar-refractivity contribution >= 4 is 16.8 Å². The number of aliphatic hydroxyl groups excluding tert-OH is 1. The van der Waals surface area contributed by atoms with E-state index in [4.69, 9.17) is 4.74 Å². The summed E-state index contributed by atoms with van der Waals surface area (Å²) in [5, 5.41) is 25.7. The van der Waals surface area contributed by atoms with Crippen LogP contribution >= 0.6 is 0 Å². The Morgan fingerprint density at radius 2 is 2.07 bits per heavy atom. The molecular weight excluding hydrogens is 396 g/mol. The topological polar surface area (TPSA) is 156 Å². The predicted octanol–water partition coefficient (Wildman–Crippen LogP) is 0.352. The molecule has 0 aliphatic heterocycles. The maximum atomic E-state index is 11.6. The molecule has 1 heterocycles. The molecule has 164 valence electrons. The summed E-state index contributed by atoms with van der Waals surface area (Å²) < 4.78 is 5.66. The summed E-state index contributed by atoms with van der Waals surface area (Å²) in [6.07, 6.45) is 0.463. The summed E-state index contributed by atoms with van der Waals surface area (Å²) in [4.78, 5) is 39.9. The monoisotopic (exact) mass is 422 g/mol. The van der Waals surface area contributed by atoms with Crippen molar-refractivity contribution in [1.29, 1.82) is 0 Å². The van der Waals surface area contributed by atoms with Gasteiger partial charge in [0.1, 0.15) is 18.5 Å². The first-order valence-corrected chi connectivity index (χ1v) is 9.63. The van der Waals surface area contributed by atoms with E-state index in [1.54, 1.807) is 24.3 Å². The Morgan fingerprint density at radius 3 is 2.87 bits per heavy atom. The van der Waals surface area contributed by atoms with Crippen LogP contribution in [0.15, 0.2) is 35.1 Å². The standard InChI is InChI=1S/C19H26N4O7/c24-14(12-20-9-10-21-18(25)6-1-2-11-30-23(27)28)13-29-17-5-3-4-16-15(17)7-8-19(26)22-16/h3-5,7-8,14,20,24H,1-2,6,9-13H2,(H,21,25)(H,22,26). The van der Waals surface area contributed by atoms with E-state index in [9.17, 15) is 24.8 Å². The van der Waals surface area contributed by atoms with Gasteiger partial charge in [-0.2, -0.15) is 0 Å². The lowest BCUT2D eigenvalue weighted by Crippen LogP contribution is -2.37. The zero-order chi connectivity index (χ0) is 21.8. The zero-order valence-corrected chi connectivity index (χ0v) is 16.5. The minimum absolute atomic E-state index is 0.0154. The van der Waals surface area contributed by atoms with E-state index in [1.807, 2.05) is 0 Å². The average molecular weight is 422 g/mol. The number of aromatic nitrogens is 1. The molecule has 0 saturated carbocycles. The number of unbranched alkanes of at least 4 members (excludes halogenated alkanes) is 1. The number of aromatic amines is 1. The summed E-state index contributed by atoms with van der Waals surface area (Å²) in [6, 6.07) is 8.39. The zero-order valence-electron chi connectivity index (χ0n) is 16.5. The van der Waals surface area contributed by atoms with Crippen LogP contribution < -0.4 is 20.9 Å². The van der Waals surface area contributed by atoms with E-state index >= 15 is 0 Å². The Labute approximate surface area is 172 Å². The van der Waals surface area contributed by atoms with Crippen molar-refractivity contribution < 1.29 is 24.6 Å². The van der Waals surface area contributed by atoms with Crippen LogP contribution in [0.3, 0.4) is 0 Å². The average Bonchev–Trinajstić information content (AvgIpc) is 2.71. The van der Waals surface area contributed by atoms with Gasteiger partial charge in [0.05, 0.1) is 12.1 Å². The molecule has 4 N–H and O–H groups in total. The lowest BCUT2D eigenvalue weighted by atomic mass is 10.2. The fraction of sp³-hybridized carbons (Fsp3) is 0.474. The third kappa shape index (κ3) is 8.45. The smallest absolute Gasteiger partial charge is 0.294 e. The van der Waals surface area contributed by atoms with Crippen LogP contribution in [0.25, 0.3) is 10.9 Å². The lowest BCUT2D eigenvalue weighted by molar-refractivity contribution is -0.757.